The number of hydrogen-bond acceptors (Lipinski definition) is 2. The average Bonchev–Trinajstić information content (AvgIpc) is 2.41. The van der Waals surface area contributed by atoms with Crippen LogP contribution in [0, 0.1) is 3.57 Å². The summed E-state index contributed by atoms with van der Waals surface area (Å²) in [5.41, 5.74) is 8.47. The number of methoxy groups -OCH3 is 1. The van der Waals surface area contributed by atoms with Crippen LogP contribution in [0.4, 0.5) is 0 Å². The Morgan fingerprint density at radius 2 is 2.05 bits per heavy atom. The van der Waals surface area contributed by atoms with Crippen molar-refractivity contribution in [2.45, 2.75) is 12.5 Å². The van der Waals surface area contributed by atoms with Crippen molar-refractivity contribution in [3.63, 3.8) is 0 Å². The molecule has 1 unspecified atom stereocenters. The van der Waals surface area contributed by atoms with E-state index in [1.54, 1.807) is 7.11 Å². The van der Waals surface area contributed by atoms with Gasteiger partial charge in [-0.05, 0) is 76.5 Å². The smallest absolute Gasteiger partial charge is 0.122 e. The fraction of sp³-hybridized carbons (Fsp3) is 0.200. The van der Waals surface area contributed by atoms with Crippen LogP contribution in [0.3, 0.4) is 0 Å². The quantitative estimate of drug-likeness (QED) is 0.647. The highest BCUT2D eigenvalue weighted by molar-refractivity contribution is 14.1. The summed E-state index contributed by atoms with van der Waals surface area (Å²) in [4.78, 5) is 0. The van der Waals surface area contributed by atoms with E-state index in [2.05, 4.69) is 38.5 Å². The molecule has 0 spiro atoms. The molecule has 1 atom stereocenters. The van der Waals surface area contributed by atoms with E-state index in [-0.39, 0.29) is 6.04 Å². The standard InChI is InChI=1S/C15H14BrClINO/c1-20-15-5-2-10(16)6-9(15)7-14(19)12-8-11(17)3-4-13(12)18/h2-6,8,14H,7,19H2,1H3. The van der Waals surface area contributed by atoms with Crippen molar-refractivity contribution in [3.05, 3.63) is 60.6 Å². The predicted octanol–water partition coefficient (Wildman–Crippen LogP) is 4.96. The lowest BCUT2D eigenvalue weighted by atomic mass is 9.99. The molecule has 2 rings (SSSR count). The topological polar surface area (TPSA) is 35.2 Å². The third-order valence-corrected chi connectivity index (χ3v) is 4.75. The van der Waals surface area contributed by atoms with E-state index in [0.29, 0.717) is 11.4 Å². The second-order valence-corrected chi connectivity index (χ2v) is 6.95. The Balaban J connectivity index is 2.29. The first-order valence-electron chi connectivity index (χ1n) is 6.04. The number of benzene rings is 2. The molecule has 0 aliphatic heterocycles. The minimum atomic E-state index is -0.121. The molecule has 5 heteroatoms. The number of hydrogen-bond donors (Lipinski definition) is 1. The fourth-order valence-corrected chi connectivity index (χ4v) is 3.38. The number of rotatable bonds is 4. The molecule has 0 saturated carbocycles. The van der Waals surface area contributed by atoms with E-state index in [1.807, 2.05) is 36.4 Å². The Hall–Kier alpha value is -0.300. The monoisotopic (exact) mass is 465 g/mol. The first-order valence-corrected chi connectivity index (χ1v) is 8.29. The van der Waals surface area contributed by atoms with Crippen LogP contribution in [0.5, 0.6) is 5.75 Å². The minimum absolute atomic E-state index is 0.121. The van der Waals surface area contributed by atoms with Gasteiger partial charge in [0.2, 0.25) is 0 Å². The van der Waals surface area contributed by atoms with Crippen molar-refractivity contribution < 1.29 is 4.74 Å². The van der Waals surface area contributed by atoms with Crippen LogP contribution in [0.2, 0.25) is 5.02 Å². The lowest BCUT2D eigenvalue weighted by Gasteiger charge is -2.16. The van der Waals surface area contributed by atoms with Crippen molar-refractivity contribution in [1.29, 1.82) is 0 Å². The second-order valence-electron chi connectivity index (χ2n) is 4.43. The van der Waals surface area contributed by atoms with Gasteiger partial charge in [-0.15, -0.1) is 0 Å². The summed E-state index contributed by atoms with van der Waals surface area (Å²) in [5.74, 6) is 0.848. The molecule has 0 bridgehead atoms. The number of halogens is 3. The van der Waals surface area contributed by atoms with Gasteiger partial charge in [0.1, 0.15) is 5.75 Å². The fourth-order valence-electron chi connectivity index (χ4n) is 2.05. The summed E-state index contributed by atoms with van der Waals surface area (Å²) in [5, 5.41) is 0.706. The third kappa shape index (κ3) is 3.87. The number of nitrogens with two attached hydrogens (primary N) is 1. The second kappa shape index (κ2) is 7.11. The molecule has 0 amide bonds. The Morgan fingerprint density at radius 1 is 1.30 bits per heavy atom. The molecule has 2 aromatic carbocycles. The molecule has 0 heterocycles. The van der Waals surface area contributed by atoms with Gasteiger partial charge in [-0.3, -0.25) is 0 Å². The van der Waals surface area contributed by atoms with E-state index in [4.69, 9.17) is 22.1 Å². The molecule has 2 nitrogen and oxygen atoms in total. The highest BCUT2D eigenvalue weighted by atomic mass is 127. The zero-order valence-corrected chi connectivity index (χ0v) is 15.4. The van der Waals surface area contributed by atoms with E-state index in [0.717, 1.165) is 24.9 Å². The lowest BCUT2D eigenvalue weighted by molar-refractivity contribution is 0.408. The van der Waals surface area contributed by atoms with Crippen molar-refractivity contribution >= 4 is 50.1 Å². The molecule has 2 N–H and O–H groups in total. The van der Waals surface area contributed by atoms with Crippen LogP contribution in [0.25, 0.3) is 0 Å². The van der Waals surface area contributed by atoms with Crippen LogP contribution in [0.1, 0.15) is 17.2 Å². The van der Waals surface area contributed by atoms with Gasteiger partial charge >= 0.3 is 0 Å². The van der Waals surface area contributed by atoms with Crippen LogP contribution >= 0.6 is 50.1 Å². The lowest BCUT2D eigenvalue weighted by Crippen LogP contribution is -2.15. The van der Waals surface area contributed by atoms with Crippen molar-refractivity contribution in [3.8, 4) is 5.75 Å². The molecule has 0 saturated heterocycles. The zero-order chi connectivity index (χ0) is 14.7. The van der Waals surface area contributed by atoms with Gasteiger partial charge in [0.25, 0.3) is 0 Å². The van der Waals surface area contributed by atoms with Crippen molar-refractivity contribution in [2.75, 3.05) is 7.11 Å². The molecule has 20 heavy (non-hydrogen) atoms. The summed E-state index contributed by atoms with van der Waals surface area (Å²) in [7, 11) is 1.67. The first-order chi connectivity index (χ1) is 9.51. The Kier molecular flexibility index (Phi) is 5.72. The molecule has 0 aliphatic carbocycles. The van der Waals surface area contributed by atoms with E-state index >= 15 is 0 Å². The number of ether oxygens (including phenoxy) is 1. The van der Waals surface area contributed by atoms with Gasteiger partial charge in [0.15, 0.2) is 0 Å². The maximum atomic E-state index is 6.34. The Labute approximate surface area is 145 Å². The molecular formula is C15H14BrClINO. The molecule has 0 radical (unpaired) electrons. The van der Waals surface area contributed by atoms with Gasteiger partial charge in [-0.1, -0.05) is 27.5 Å². The molecule has 2 aromatic rings. The maximum Gasteiger partial charge on any atom is 0.122 e. The SMILES string of the molecule is COc1ccc(Br)cc1CC(N)c1cc(Cl)ccc1I. The van der Waals surface area contributed by atoms with Crippen LogP contribution in [-0.4, -0.2) is 7.11 Å². The normalized spacial score (nSPS) is 12.2. The van der Waals surface area contributed by atoms with E-state index in [9.17, 15) is 0 Å². The molecule has 0 fully saturated rings. The van der Waals surface area contributed by atoms with Gasteiger partial charge < -0.3 is 10.5 Å². The van der Waals surface area contributed by atoms with E-state index < -0.39 is 0 Å². The van der Waals surface area contributed by atoms with E-state index in [1.165, 1.54) is 0 Å². The first kappa shape index (κ1) is 16.1. The van der Waals surface area contributed by atoms with Crippen molar-refractivity contribution in [1.82, 2.24) is 0 Å². The maximum absolute atomic E-state index is 6.34. The van der Waals surface area contributed by atoms with Gasteiger partial charge in [0.05, 0.1) is 7.11 Å². The van der Waals surface area contributed by atoms with Crippen LogP contribution in [0.15, 0.2) is 40.9 Å². The molecule has 0 aromatic heterocycles. The highest BCUT2D eigenvalue weighted by Crippen LogP contribution is 2.29. The summed E-state index contributed by atoms with van der Waals surface area (Å²) in [6, 6.07) is 11.6. The van der Waals surface area contributed by atoms with Crippen LogP contribution < -0.4 is 10.5 Å². The largest absolute Gasteiger partial charge is 0.496 e. The van der Waals surface area contributed by atoms with Gasteiger partial charge in [0, 0.05) is 19.1 Å². The molecule has 0 aliphatic rings. The summed E-state index contributed by atoms with van der Waals surface area (Å²) in [6.07, 6.45) is 0.693. The summed E-state index contributed by atoms with van der Waals surface area (Å²) in [6.45, 7) is 0. The molecular weight excluding hydrogens is 452 g/mol. The third-order valence-electron chi connectivity index (χ3n) is 3.04. The average molecular weight is 467 g/mol. The van der Waals surface area contributed by atoms with Gasteiger partial charge in [-0.25, -0.2) is 0 Å². The Bertz CT molecular complexity index is 621. The van der Waals surface area contributed by atoms with Crippen LogP contribution in [-0.2, 0) is 6.42 Å². The van der Waals surface area contributed by atoms with Crippen molar-refractivity contribution in [2.24, 2.45) is 5.73 Å². The zero-order valence-electron chi connectivity index (χ0n) is 10.9. The molecule has 106 valence electrons. The highest BCUT2D eigenvalue weighted by Gasteiger charge is 2.14. The predicted molar refractivity (Wildman–Crippen MR) is 95.5 cm³/mol. The Morgan fingerprint density at radius 3 is 2.75 bits per heavy atom. The van der Waals surface area contributed by atoms with Gasteiger partial charge in [-0.2, -0.15) is 0 Å². The minimum Gasteiger partial charge on any atom is -0.496 e. The summed E-state index contributed by atoms with van der Waals surface area (Å²) >= 11 is 11.8. The summed E-state index contributed by atoms with van der Waals surface area (Å²) < 4.78 is 7.52.